The number of rotatable bonds is 4. The van der Waals surface area contributed by atoms with Crippen LogP contribution in [-0.4, -0.2) is 31.6 Å². The number of hydrogen-bond donors (Lipinski definition) is 1. The van der Waals surface area contributed by atoms with E-state index in [1.54, 1.807) is 12.1 Å². The lowest BCUT2D eigenvalue weighted by atomic mass is 9.84. The maximum Gasteiger partial charge on any atom is 0.128 e. The zero-order valence-electron chi connectivity index (χ0n) is 11.6. The van der Waals surface area contributed by atoms with Gasteiger partial charge in [0.1, 0.15) is 5.82 Å². The molecule has 2 unspecified atom stereocenters. The van der Waals surface area contributed by atoms with Crippen LogP contribution < -0.4 is 5.32 Å². The zero-order chi connectivity index (χ0) is 13.8. The van der Waals surface area contributed by atoms with E-state index in [-0.39, 0.29) is 11.9 Å². The van der Waals surface area contributed by atoms with Crippen molar-refractivity contribution >= 4 is 11.6 Å². The van der Waals surface area contributed by atoms with Crippen LogP contribution in [0.2, 0.25) is 5.02 Å². The number of likely N-dealkylation sites (tertiary alicyclic amines) is 1. The highest BCUT2D eigenvalue weighted by molar-refractivity contribution is 6.30. The SMILES string of the molecule is CCN1CCCC(CNC)C1c1cc(Cl)ccc1F. The Labute approximate surface area is 119 Å². The second kappa shape index (κ2) is 6.69. The Hall–Kier alpha value is -0.640. The minimum Gasteiger partial charge on any atom is -0.319 e. The summed E-state index contributed by atoms with van der Waals surface area (Å²) >= 11 is 6.05. The van der Waals surface area contributed by atoms with Crippen molar-refractivity contribution in [1.82, 2.24) is 10.2 Å². The van der Waals surface area contributed by atoms with Crippen molar-refractivity contribution in [1.29, 1.82) is 0 Å². The molecule has 0 aliphatic carbocycles. The molecule has 1 aromatic rings. The second-order valence-electron chi connectivity index (χ2n) is 5.20. The molecule has 1 saturated heterocycles. The Bertz CT molecular complexity index is 423. The summed E-state index contributed by atoms with van der Waals surface area (Å²) in [5.74, 6) is 0.294. The summed E-state index contributed by atoms with van der Waals surface area (Å²) in [5, 5.41) is 3.85. The van der Waals surface area contributed by atoms with Gasteiger partial charge in [-0.05, 0) is 63.6 Å². The summed E-state index contributed by atoms with van der Waals surface area (Å²) in [6.45, 7) is 5.02. The van der Waals surface area contributed by atoms with Crippen LogP contribution in [0.25, 0.3) is 0 Å². The smallest absolute Gasteiger partial charge is 0.128 e. The van der Waals surface area contributed by atoms with Gasteiger partial charge in [-0.1, -0.05) is 18.5 Å². The van der Waals surface area contributed by atoms with Gasteiger partial charge < -0.3 is 5.32 Å². The van der Waals surface area contributed by atoms with Crippen LogP contribution in [0, 0.1) is 11.7 Å². The van der Waals surface area contributed by atoms with Crippen molar-refractivity contribution < 1.29 is 4.39 Å². The van der Waals surface area contributed by atoms with Crippen LogP contribution in [0.5, 0.6) is 0 Å². The molecule has 2 nitrogen and oxygen atoms in total. The van der Waals surface area contributed by atoms with Crippen LogP contribution in [0.3, 0.4) is 0 Å². The van der Waals surface area contributed by atoms with Gasteiger partial charge in [0.25, 0.3) is 0 Å². The van der Waals surface area contributed by atoms with Gasteiger partial charge in [-0.3, -0.25) is 4.90 Å². The number of halogens is 2. The molecule has 19 heavy (non-hydrogen) atoms. The quantitative estimate of drug-likeness (QED) is 0.911. The lowest BCUT2D eigenvalue weighted by Gasteiger charge is -2.41. The Morgan fingerprint density at radius 1 is 1.47 bits per heavy atom. The van der Waals surface area contributed by atoms with Crippen molar-refractivity contribution in [3.05, 3.63) is 34.6 Å². The van der Waals surface area contributed by atoms with Crippen LogP contribution in [-0.2, 0) is 0 Å². The standard InChI is InChI=1S/C15H22ClFN2/c1-3-19-8-4-5-11(10-18-2)15(19)13-9-12(16)6-7-14(13)17/h6-7,9,11,15,18H,3-5,8,10H2,1-2H3. The Balaban J connectivity index is 2.36. The van der Waals surface area contributed by atoms with Gasteiger partial charge in [0.15, 0.2) is 0 Å². The normalized spacial score (nSPS) is 24.6. The van der Waals surface area contributed by atoms with E-state index < -0.39 is 0 Å². The fourth-order valence-electron chi connectivity index (χ4n) is 3.17. The third kappa shape index (κ3) is 3.28. The minimum absolute atomic E-state index is 0.130. The number of hydrogen-bond acceptors (Lipinski definition) is 2. The maximum atomic E-state index is 14.2. The Kier molecular flexibility index (Phi) is 5.20. The largest absolute Gasteiger partial charge is 0.319 e. The molecule has 2 atom stereocenters. The lowest BCUT2D eigenvalue weighted by Crippen LogP contribution is -2.42. The highest BCUT2D eigenvalue weighted by atomic mass is 35.5. The topological polar surface area (TPSA) is 15.3 Å². The Morgan fingerprint density at radius 2 is 2.26 bits per heavy atom. The third-order valence-corrected chi connectivity index (χ3v) is 4.24. The minimum atomic E-state index is -0.143. The summed E-state index contributed by atoms with van der Waals surface area (Å²) in [4.78, 5) is 2.36. The molecule has 1 aliphatic heterocycles. The molecule has 106 valence electrons. The summed E-state index contributed by atoms with van der Waals surface area (Å²) in [5.41, 5.74) is 0.745. The first-order valence-electron chi connectivity index (χ1n) is 7.01. The molecule has 0 aromatic heterocycles. The summed E-state index contributed by atoms with van der Waals surface area (Å²) in [7, 11) is 1.95. The van der Waals surface area contributed by atoms with Crippen molar-refractivity contribution in [2.24, 2.45) is 5.92 Å². The molecule has 1 N–H and O–H groups in total. The number of nitrogens with zero attached hydrogens (tertiary/aromatic N) is 1. The van der Waals surface area contributed by atoms with Crippen LogP contribution in [0.4, 0.5) is 4.39 Å². The van der Waals surface area contributed by atoms with Crippen molar-refractivity contribution in [2.75, 3.05) is 26.7 Å². The first-order valence-corrected chi connectivity index (χ1v) is 7.38. The van der Waals surface area contributed by atoms with E-state index in [2.05, 4.69) is 17.1 Å². The number of nitrogens with one attached hydrogen (secondary N) is 1. The van der Waals surface area contributed by atoms with E-state index in [1.807, 2.05) is 7.05 Å². The van der Waals surface area contributed by atoms with Gasteiger partial charge in [0, 0.05) is 16.6 Å². The molecular formula is C15H22ClFN2. The van der Waals surface area contributed by atoms with E-state index >= 15 is 0 Å². The fourth-order valence-corrected chi connectivity index (χ4v) is 3.35. The monoisotopic (exact) mass is 284 g/mol. The first kappa shape index (κ1) is 14.8. The van der Waals surface area contributed by atoms with Gasteiger partial charge in [-0.15, -0.1) is 0 Å². The highest BCUT2D eigenvalue weighted by Crippen LogP contribution is 2.37. The Morgan fingerprint density at radius 3 is 2.95 bits per heavy atom. The van der Waals surface area contributed by atoms with E-state index in [0.717, 1.165) is 31.6 Å². The molecule has 1 heterocycles. The molecule has 0 bridgehead atoms. The number of piperidine rings is 1. The van der Waals surface area contributed by atoms with E-state index in [4.69, 9.17) is 11.6 Å². The molecule has 4 heteroatoms. The van der Waals surface area contributed by atoms with E-state index in [0.29, 0.717) is 10.9 Å². The molecule has 1 aliphatic rings. The van der Waals surface area contributed by atoms with Crippen LogP contribution in [0.1, 0.15) is 31.4 Å². The van der Waals surface area contributed by atoms with Gasteiger partial charge in [-0.25, -0.2) is 4.39 Å². The molecule has 2 rings (SSSR count). The van der Waals surface area contributed by atoms with Crippen LogP contribution in [0.15, 0.2) is 18.2 Å². The summed E-state index contributed by atoms with van der Waals surface area (Å²) < 4.78 is 14.2. The van der Waals surface area contributed by atoms with Crippen molar-refractivity contribution in [3.8, 4) is 0 Å². The summed E-state index contributed by atoms with van der Waals surface area (Å²) in [6.07, 6.45) is 2.31. The van der Waals surface area contributed by atoms with Crippen molar-refractivity contribution in [2.45, 2.75) is 25.8 Å². The highest BCUT2D eigenvalue weighted by Gasteiger charge is 2.33. The molecule has 0 amide bonds. The average molecular weight is 285 g/mol. The van der Waals surface area contributed by atoms with Gasteiger partial charge in [0.2, 0.25) is 0 Å². The second-order valence-corrected chi connectivity index (χ2v) is 5.64. The predicted octanol–water partition coefficient (Wildman–Crippen LogP) is 3.47. The predicted molar refractivity (Wildman–Crippen MR) is 78.0 cm³/mol. The summed E-state index contributed by atoms with van der Waals surface area (Å²) in [6, 6.07) is 5.02. The lowest BCUT2D eigenvalue weighted by molar-refractivity contribution is 0.0954. The molecule has 0 saturated carbocycles. The molecule has 0 spiro atoms. The molecule has 1 aromatic carbocycles. The van der Waals surface area contributed by atoms with Gasteiger partial charge in [-0.2, -0.15) is 0 Å². The fraction of sp³-hybridized carbons (Fsp3) is 0.600. The number of benzene rings is 1. The van der Waals surface area contributed by atoms with Crippen LogP contribution >= 0.6 is 11.6 Å². The molecule has 0 radical (unpaired) electrons. The third-order valence-electron chi connectivity index (χ3n) is 4.01. The van der Waals surface area contributed by atoms with Gasteiger partial charge in [0.05, 0.1) is 0 Å². The van der Waals surface area contributed by atoms with Crippen molar-refractivity contribution in [3.63, 3.8) is 0 Å². The first-order chi connectivity index (χ1) is 9.17. The van der Waals surface area contributed by atoms with E-state index in [1.165, 1.54) is 12.5 Å². The average Bonchev–Trinajstić information content (AvgIpc) is 2.42. The van der Waals surface area contributed by atoms with E-state index in [9.17, 15) is 4.39 Å². The zero-order valence-corrected chi connectivity index (χ0v) is 12.4. The maximum absolute atomic E-state index is 14.2. The molecule has 1 fully saturated rings. The molecular weight excluding hydrogens is 263 g/mol. The van der Waals surface area contributed by atoms with Gasteiger partial charge >= 0.3 is 0 Å².